The molecular weight excluding hydrogens is 274 g/mol. The molecular formula is C14H19N3O4. The van der Waals surface area contributed by atoms with E-state index in [-0.39, 0.29) is 23.2 Å². The maximum Gasteiger partial charge on any atom is 0.354 e. The Bertz CT molecular complexity index is 561. The number of hydrogen-bond acceptors (Lipinski definition) is 5. The van der Waals surface area contributed by atoms with Crippen molar-refractivity contribution in [2.75, 3.05) is 5.32 Å². The largest absolute Gasteiger partial charge is 0.477 e. The Morgan fingerprint density at radius 2 is 2.14 bits per heavy atom. The molecule has 3 atom stereocenters. The van der Waals surface area contributed by atoms with E-state index in [1.54, 1.807) is 0 Å². The molecule has 1 aliphatic rings. The first-order valence-electron chi connectivity index (χ1n) is 7.05. The van der Waals surface area contributed by atoms with Crippen molar-refractivity contribution < 1.29 is 14.8 Å². The summed E-state index contributed by atoms with van der Waals surface area (Å²) in [6.07, 6.45) is 3.10. The van der Waals surface area contributed by atoms with E-state index in [0.29, 0.717) is 11.8 Å². The second kappa shape index (κ2) is 6.07. The second-order valence-corrected chi connectivity index (χ2v) is 5.64. The van der Waals surface area contributed by atoms with Crippen molar-refractivity contribution in [3.63, 3.8) is 0 Å². The Labute approximate surface area is 122 Å². The van der Waals surface area contributed by atoms with Crippen molar-refractivity contribution in [1.82, 2.24) is 4.98 Å². The topological polar surface area (TPSA) is 105 Å². The van der Waals surface area contributed by atoms with Crippen molar-refractivity contribution in [3.8, 4) is 0 Å². The number of pyridine rings is 1. The Morgan fingerprint density at radius 1 is 1.43 bits per heavy atom. The number of nitrogens with one attached hydrogen (secondary N) is 1. The van der Waals surface area contributed by atoms with Gasteiger partial charge in [0.1, 0.15) is 0 Å². The highest BCUT2D eigenvalue weighted by atomic mass is 16.6. The van der Waals surface area contributed by atoms with Crippen LogP contribution in [0.5, 0.6) is 0 Å². The third-order valence-corrected chi connectivity index (χ3v) is 4.32. The van der Waals surface area contributed by atoms with Gasteiger partial charge in [-0.15, -0.1) is 0 Å². The molecule has 1 aliphatic carbocycles. The summed E-state index contributed by atoms with van der Waals surface area (Å²) in [7, 11) is 0. The van der Waals surface area contributed by atoms with Crippen LogP contribution < -0.4 is 5.32 Å². The molecule has 0 aliphatic heterocycles. The fourth-order valence-corrected chi connectivity index (χ4v) is 2.79. The van der Waals surface area contributed by atoms with Gasteiger partial charge in [0, 0.05) is 12.1 Å². The predicted molar refractivity (Wildman–Crippen MR) is 77.4 cm³/mol. The molecule has 114 valence electrons. The highest BCUT2D eigenvalue weighted by Crippen LogP contribution is 2.33. The molecule has 2 rings (SSSR count). The average molecular weight is 293 g/mol. The molecule has 1 fully saturated rings. The van der Waals surface area contributed by atoms with Gasteiger partial charge in [-0.2, -0.15) is 0 Å². The first-order valence-corrected chi connectivity index (χ1v) is 7.05. The second-order valence-electron chi connectivity index (χ2n) is 5.64. The molecule has 2 N–H and O–H groups in total. The van der Waals surface area contributed by atoms with E-state index in [0.717, 1.165) is 25.3 Å². The van der Waals surface area contributed by atoms with Crippen molar-refractivity contribution >= 4 is 17.5 Å². The smallest absolute Gasteiger partial charge is 0.354 e. The number of carboxylic acid groups (broad SMARTS) is 1. The van der Waals surface area contributed by atoms with Gasteiger partial charge in [0.15, 0.2) is 5.69 Å². The number of anilines is 1. The SMILES string of the molecule is CC1CCCC(Nc2nc(C(=O)O)ccc2[N+](=O)[O-])C1C. The van der Waals surface area contributed by atoms with Gasteiger partial charge in [-0.3, -0.25) is 10.1 Å². The third-order valence-electron chi connectivity index (χ3n) is 4.32. The molecule has 0 amide bonds. The van der Waals surface area contributed by atoms with Gasteiger partial charge in [0.2, 0.25) is 5.82 Å². The van der Waals surface area contributed by atoms with Crippen molar-refractivity contribution in [2.24, 2.45) is 11.8 Å². The lowest BCUT2D eigenvalue weighted by Crippen LogP contribution is -2.35. The number of carbonyl (C=O) groups is 1. The van der Waals surface area contributed by atoms with Crippen LogP contribution in [-0.2, 0) is 0 Å². The molecule has 7 heteroatoms. The fraction of sp³-hybridized carbons (Fsp3) is 0.571. The molecule has 1 heterocycles. The molecule has 0 bridgehead atoms. The van der Waals surface area contributed by atoms with Crippen molar-refractivity contribution in [2.45, 2.75) is 39.2 Å². The summed E-state index contributed by atoms with van der Waals surface area (Å²) in [6.45, 7) is 4.27. The maximum atomic E-state index is 11.1. The van der Waals surface area contributed by atoms with Crippen LogP contribution in [0.2, 0.25) is 0 Å². The van der Waals surface area contributed by atoms with E-state index in [1.807, 2.05) is 0 Å². The first kappa shape index (κ1) is 15.2. The number of nitrogens with zero attached hydrogens (tertiary/aromatic N) is 2. The number of nitro groups is 1. The van der Waals surface area contributed by atoms with Crippen molar-refractivity contribution in [3.05, 3.63) is 27.9 Å². The standard InChI is InChI=1S/C14H19N3O4/c1-8-4-3-5-10(9(8)2)15-13-12(17(20)21)7-6-11(16-13)14(18)19/h6-10H,3-5H2,1-2H3,(H,15,16)(H,18,19). The molecule has 1 aromatic heterocycles. The molecule has 0 saturated heterocycles. The van der Waals surface area contributed by atoms with Gasteiger partial charge in [0.25, 0.3) is 0 Å². The summed E-state index contributed by atoms with van der Waals surface area (Å²) in [5.74, 6) is -0.268. The van der Waals surface area contributed by atoms with Crippen LogP contribution in [0.25, 0.3) is 0 Å². The lowest BCUT2D eigenvalue weighted by molar-refractivity contribution is -0.384. The van der Waals surface area contributed by atoms with Gasteiger partial charge in [-0.05, 0) is 24.3 Å². The number of rotatable bonds is 4. The maximum absolute atomic E-state index is 11.1. The monoisotopic (exact) mass is 293 g/mol. The van der Waals surface area contributed by atoms with Crippen LogP contribution in [0.3, 0.4) is 0 Å². The summed E-state index contributed by atoms with van der Waals surface area (Å²) in [5, 5.41) is 23.1. The van der Waals surface area contributed by atoms with Crippen LogP contribution in [0, 0.1) is 22.0 Å². The molecule has 3 unspecified atom stereocenters. The quantitative estimate of drug-likeness (QED) is 0.653. The highest BCUT2D eigenvalue weighted by molar-refractivity contribution is 5.86. The Balaban J connectivity index is 2.30. The molecule has 1 aromatic rings. The Hall–Kier alpha value is -2.18. The van der Waals surface area contributed by atoms with E-state index in [2.05, 4.69) is 24.1 Å². The van der Waals surface area contributed by atoms with E-state index in [1.165, 1.54) is 6.07 Å². The third kappa shape index (κ3) is 3.29. The van der Waals surface area contributed by atoms with Crippen LogP contribution in [0.1, 0.15) is 43.6 Å². The lowest BCUT2D eigenvalue weighted by atomic mass is 9.78. The Morgan fingerprint density at radius 3 is 2.76 bits per heavy atom. The molecule has 0 spiro atoms. The summed E-state index contributed by atoms with van der Waals surface area (Å²) < 4.78 is 0. The fourth-order valence-electron chi connectivity index (χ4n) is 2.79. The van der Waals surface area contributed by atoms with E-state index in [4.69, 9.17) is 5.11 Å². The number of hydrogen-bond donors (Lipinski definition) is 2. The summed E-state index contributed by atoms with van der Waals surface area (Å²) >= 11 is 0. The zero-order valence-corrected chi connectivity index (χ0v) is 12.1. The lowest BCUT2D eigenvalue weighted by Gasteiger charge is -2.34. The van der Waals surface area contributed by atoms with E-state index < -0.39 is 10.9 Å². The minimum absolute atomic E-state index is 0.0471. The molecule has 0 radical (unpaired) electrons. The van der Waals surface area contributed by atoms with E-state index >= 15 is 0 Å². The molecule has 1 saturated carbocycles. The van der Waals surface area contributed by atoms with Gasteiger partial charge >= 0.3 is 11.7 Å². The minimum atomic E-state index is -1.20. The predicted octanol–water partition coefficient (Wildman–Crippen LogP) is 2.92. The minimum Gasteiger partial charge on any atom is -0.477 e. The first-order chi connectivity index (χ1) is 9.90. The van der Waals surface area contributed by atoms with Gasteiger partial charge < -0.3 is 10.4 Å². The van der Waals surface area contributed by atoms with Crippen LogP contribution in [0.4, 0.5) is 11.5 Å². The van der Waals surface area contributed by atoms with Crippen LogP contribution >= 0.6 is 0 Å². The molecule has 0 aromatic carbocycles. The highest BCUT2D eigenvalue weighted by Gasteiger charge is 2.29. The van der Waals surface area contributed by atoms with Crippen LogP contribution in [-0.4, -0.2) is 27.0 Å². The molecule has 7 nitrogen and oxygen atoms in total. The van der Waals surface area contributed by atoms with Crippen molar-refractivity contribution in [1.29, 1.82) is 0 Å². The average Bonchev–Trinajstić information content (AvgIpc) is 2.43. The zero-order chi connectivity index (χ0) is 15.6. The van der Waals surface area contributed by atoms with Crippen LogP contribution in [0.15, 0.2) is 12.1 Å². The van der Waals surface area contributed by atoms with Gasteiger partial charge in [0.05, 0.1) is 4.92 Å². The summed E-state index contributed by atoms with van der Waals surface area (Å²) in [5.41, 5.74) is -0.384. The van der Waals surface area contributed by atoms with Gasteiger partial charge in [-0.25, -0.2) is 9.78 Å². The molecule has 21 heavy (non-hydrogen) atoms. The summed E-state index contributed by atoms with van der Waals surface area (Å²) in [4.78, 5) is 25.4. The number of carboxylic acids is 1. The Kier molecular flexibility index (Phi) is 4.40. The van der Waals surface area contributed by atoms with E-state index in [9.17, 15) is 14.9 Å². The number of aromatic nitrogens is 1. The number of aromatic carboxylic acids is 1. The zero-order valence-electron chi connectivity index (χ0n) is 12.1. The summed E-state index contributed by atoms with van der Waals surface area (Å²) in [6, 6.07) is 2.41. The van der Waals surface area contributed by atoms with Gasteiger partial charge in [-0.1, -0.05) is 26.7 Å². The normalized spacial score (nSPS) is 25.3.